The fourth-order valence-corrected chi connectivity index (χ4v) is 2.79. The molecule has 0 amide bonds. The van der Waals surface area contributed by atoms with E-state index in [2.05, 4.69) is 6.58 Å². The van der Waals surface area contributed by atoms with E-state index in [1.54, 1.807) is 6.08 Å². The van der Waals surface area contributed by atoms with Crippen molar-refractivity contribution < 1.29 is 18.0 Å². The van der Waals surface area contributed by atoms with Gasteiger partial charge in [-0.1, -0.05) is 26.5 Å². The number of allylic oxidation sites excluding steroid dienone is 3. The molecule has 116 valence electrons. The number of carbonyl (C=O) groups excluding carboxylic acids is 1. The molecule has 2 nitrogen and oxygen atoms in total. The molecule has 2 rings (SSSR count). The van der Waals surface area contributed by atoms with Crippen LogP contribution in [0.1, 0.15) is 33.1 Å². The van der Waals surface area contributed by atoms with Crippen LogP contribution in [0.3, 0.4) is 0 Å². The zero-order valence-corrected chi connectivity index (χ0v) is 12.3. The van der Waals surface area contributed by atoms with Crippen LogP contribution in [-0.2, 0) is 4.79 Å². The van der Waals surface area contributed by atoms with Crippen LogP contribution in [0.4, 0.5) is 13.2 Å². The summed E-state index contributed by atoms with van der Waals surface area (Å²) in [6, 6.07) is 0. The van der Waals surface area contributed by atoms with Crippen LogP contribution < -0.4 is 0 Å². The summed E-state index contributed by atoms with van der Waals surface area (Å²) in [5.41, 5.74) is 0.329. The van der Waals surface area contributed by atoms with Gasteiger partial charge in [0.15, 0.2) is 5.78 Å². The maximum atomic E-state index is 12.8. The van der Waals surface area contributed by atoms with Gasteiger partial charge < -0.3 is 4.90 Å². The third-order valence-electron chi connectivity index (χ3n) is 3.87. The highest BCUT2D eigenvalue weighted by atomic mass is 19.4. The lowest BCUT2D eigenvalue weighted by Gasteiger charge is -2.36. The fraction of sp³-hybridized carbons (Fsp3) is 0.562. The quantitative estimate of drug-likeness (QED) is 0.764. The number of rotatable bonds is 5. The molecule has 0 aromatic carbocycles. The molecule has 1 heterocycles. The van der Waals surface area contributed by atoms with Crippen molar-refractivity contribution in [1.82, 2.24) is 4.90 Å². The maximum Gasteiger partial charge on any atom is 0.405 e. The highest BCUT2D eigenvalue weighted by Crippen LogP contribution is 2.51. The van der Waals surface area contributed by atoms with Crippen molar-refractivity contribution in [3.63, 3.8) is 0 Å². The normalized spacial score (nSPS) is 20.4. The maximum absolute atomic E-state index is 12.8. The van der Waals surface area contributed by atoms with Gasteiger partial charge in [0.25, 0.3) is 0 Å². The predicted octanol–water partition coefficient (Wildman–Crippen LogP) is 4.01. The van der Waals surface area contributed by atoms with Gasteiger partial charge in [-0.15, -0.1) is 0 Å². The SMILES string of the molecule is C=CC1=CN(CC(F)(F)F)C2(CC2)C(C(=O)CC(C)C)=C1. The second-order valence-corrected chi connectivity index (χ2v) is 6.19. The summed E-state index contributed by atoms with van der Waals surface area (Å²) < 4.78 is 38.3. The van der Waals surface area contributed by atoms with Crippen LogP contribution in [0, 0.1) is 5.92 Å². The van der Waals surface area contributed by atoms with E-state index in [9.17, 15) is 18.0 Å². The van der Waals surface area contributed by atoms with Crippen LogP contribution in [0.5, 0.6) is 0 Å². The van der Waals surface area contributed by atoms with Crippen LogP contribution in [0.2, 0.25) is 0 Å². The minimum Gasteiger partial charge on any atom is -0.358 e. The van der Waals surface area contributed by atoms with Gasteiger partial charge in [0.05, 0.1) is 5.54 Å². The van der Waals surface area contributed by atoms with E-state index in [1.807, 2.05) is 13.8 Å². The Balaban J connectivity index is 2.32. The zero-order chi connectivity index (χ0) is 15.8. The number of nitrogens with zero attached hydrogens (tertiary/aromatic N) is 1. The van der Waals surface area contributed by atoms with E-state index in [4.69, 9.17) is 0 Å². The molecule has 1 fully saturated rings. The van der Waals surface area contributed by atoms with Crippen LogP contribution >= 0.6 is 0 Å². The average molecular weight is 299 g/mol. The van der Waals surface area contributed by atoms with Gasteiger partial charge in [-0.25, -0.2) is 0 Å². The Morgan fingerprint density at radius 3 is 2.52 bits per heavy atom. The number of hydrogen-bond donors (Lipinski definition) is 0. The van der Waals surface area contributed by atoms with Crippen molar-refractivity contribution >= 4 is 5.78 Å². The second-order valence-electron chi connectivity index (χ2n) is 6.19. The molecule has 5 heteroatoms. The molecule has 0 aromatic heterocycles. The van der Waals surface area contributed by atoms with Crippen LogP contribution in [-0.4, -0.2) is 28.9 Å². The molecule has 2 aliphatic rings. The van der Waals surface area contributed by atoms with E-state index in [-0.39, 0.29) is 11.7 Å². The van der Waals surface area contributed by atoms with E-state index < -0.39 is 18.3 Å². The summed E-state index contributed by atoms with van der Waals surface area (Å²) in [5.74, 6) is 0.130. The van der Waals surface area contributed by atoms with Gasteiger partial charge in [0.1, 0.15) is 6.54 Å². The van der Waals surface area contributed by atoms with E-state index in [0.717, 1.165) is 0 Å². The van der Waals surface area contributed by atoms with E-state index in [0.29, 0.717) is 30.4 Å². The van der Waals surface area contributed by atoms with Crippen molar-refractivity contribution in [2.24, 2.45) is 5.92 Å². The molecule has 0 radical (unpaired) electrons. The molecule has 1 spiro atoms. The van der Waals surface area contributed by atoms with E-state index in [1.165, 1.54) is 17.2 Å². The summed E-state index contributed by atoms with van der Waals surface area (Å²) in [6.45, 7) is 6.43. The molecule has 0 bridgehead atoms. The third kappa shape index (κ3) is 3.39. The van der Waals surface area contributed by atoms with Crippen LogP contribution in [0.25, 0.3) is 0 Å². The lowest BCUT2D eigenvalue weighted by molar-refractivity contribution is -0.145. The van der Waals surface area contributed by atoms with Gasteiger partial charge in [0.2, 0.25) is 0 Å². The average Bonchev–Trinajstić information content (AvgIpc) is 3.10. The third-order valence-corrected chi connectivity index (χ3v) is 3.87. The van der Waals surface area contributed by atoms with Gasteiger partial charge in [-0.05, 0) is 30.4 Å². The highest BCUT2D eigenvalue weighted by Gasteiger charge is 2.55. The van der Waals surface area contributed by atoms with Gasteiger partial charge in [0, 0.05) is 18.2 Å². The molecular formula is C16H20F3NO. The first-order valence-electron chi connectivity index (χ1n) is 7.11. The molecule has 21 heavy (non-hydrogen) atoms. The summed E-state index contributed by atoms with van der Waals surface area (Å²) in [5, 5.41) is 0. The zero-order valence-electron chi connectivity index (χ0n) is 12.3. The smallest absolute Gasteiger partial charge is 0.358 e. The Morgan fingerprint density at radius 2 is 2.10 bits per heavy atom. The Morgan fingerprint density at radius 1 is 1.48 bits per heavy atom. The molecular weight excluding hydrogens is 279 g/mol. The second kappa shape index (κ2) is 5.35. The first kappa shape index (κ1) is 15.9. The topological polar surface area (TPSA) is 20.3 Å². The molecule has 0 aromatic rings. The largest absolute Gasteiger partial charge is 0.405 e. The van der Waals surface area contributed by atoms with Crippen molar-refractivity contribution in [1.29, 1.82) is 0 Å². The first-order chi connectivity index (χ1) is 9.68. The molecule has 1 aliphatic carbocycles. The number of ketones is 1. The number of alkyl halides is 3. The minimum atomic E-state index is -4.29. The minimum absolute atomic E-state index is 0.0536. The summed E-state index contributed by atoms with van der Waals surface area (Å²) in [7, 11) is 0. The van der Waals surface area contributed by atoms with Crippen molar-refractivity contribution in [3.8, 4) is 0 Å². The molecule has 1 saturated carbocycles. The molecule has 0 saturated heterocycles. The monoisotopic (exact) mass is 299 g/mol. The lowest BCUT2D eigenvalue weighted by Crippen LogP contribution is -2.44. The Bertz CT molecular complexity index is 510. The summed E-state index contributed by atoms with van der Waals surface area (Å²) in [6.07, 6.45) is 1.93. The highest BCUT2D eigenvalue weighted by molar-refractivity contribution is 5.99. The number of carbonyl (C=O) groups is 1. The standard InChI is InChI=1S/C16H20F3NO/c1-4-12-8-13(14(21)7-11(2)3)15(5-6-15)20(9-12)10-16(17,18)19/h4,8-9,11H,1,5-7,10H2,2-3H3. The number of hydrogen-bond acceptors (Lipinski definition) is 2. The van der Waals surface area contributed by atoms with Crippen LogP contribution in [0.15, 0.2) is 36.1 Å². The summed E-state index contributed by atoms with van der Waals surface area (Å²) >= 11 is 0. The molecule has 0 unspecified atom stereocenters. The lowest BCUT2D eigenvalue weighted by atomic mass is 9.89. The number of halogens is 3. The van der Waals surface area contributed by atoms with Gasteiger partial charge in [-0.2, -0.15) is 13.2 Å². The number of Topliss-reactive ketones (excluding diaryl/α,β-unsaturated/α-hetero) is 1. The Hall–Kier alpha value is -1.52. The molecule has 1 aliphatic heterocycles. The molecule has 0 N–H and O–H groups in total. The predicted molar refractivity (Wildman–Crippen MR) is 75.6 cm³/mol. The molecule has 0 atom stereocenters. The van der Waals surface area contributed by atoms with Gasteiger partial charge in [-0.3, -0.25) is 4.79 Å². The summed E-state index contributed by atoms with van der Waals surface area (Å²) in [4.78, 5) is 13.7. The Labute approximate surface area is 123 Å². The fourth-order valence-electron chi connectivity index (χ4n) is 2.79. The van der Waals surface area contributed by atoms with Crippen molar-refractivity contribution in [2.45, 2.75) is 44.8 Å². The van der Waals surface area contributed by atoms with E-state index >= 15 is 0 Å². The Kier molecular flexibility index (Phi) is 4.04. The van der Waals surface area contributed by atoms with Crippen molar-refractivity contribution in [2.75, 3.05) is 6.54 Å². The first-order valence-corrected chi connectivity index (χ1v) is 7.11. The van der Waals surface area contributed by atoms with Gasteiger partial charge >= 0.3 is 6.18 Å². The van der Waals surface area contributed by atoms with Crippen molar-refractivity contribution in [3.05, 3.63) is 36.1 Å².